The quantitative estimate of drug-likeness (QED) is 0.522. The molecular weight excluding hydrogens is 390 g/mol. The molecule has 0 aliphatic carbocycles. The Balaban J connectivity index is 1.93. The number of carbonyl (C=O) groups excluding carboxylic acids is 1. The summed E-state index contributed by atoms with van der Waals surface area (Å²) in [4.78, 5) is 24.8. The number of benzene rings is 1. The first kappa shape index (κ1) is 19.1. The minimum Gasteiger partial charge on any atom is -0.382 e. The first-order valence-electron chi connectivity index (χ1n) is 7.64. The Morgan fingerprint density at radius 1 is 1.33 bits per heavy atom. The maximum atomic E-state index is 12.6. The second kappa shape index (κ2) is 7.13. The molecule has 2 heterocycles. The second-order valence-electron chi connectivity index (χ2n) is 5.69. The monoisotopic (exact) mass is 407 g/mol. The van der Waals surface area contributed by atoms with E-state index in [1.165, 1.54) is 30.2 Å². The zero-order chi connectivity index (χ0) is 19.8. The molecule has 0 fully saturated rings. The largest absolute Gasteiger partial charge is 0.382 e. The number of hydrogen-bond donors (Lipinski definition) is 3. The standard InChI is InChI=1S/C15H17N7O3S2/c1-8-3-4-9(27(17,24)25)5-10(8)20-11(23)6-22-12-13(16)18-7-19-14(12)21-15(22)26-2/h3-5,7H,6H2,1-2H3,(H,20,23)(H2,16,18,19)(H2,17,24,25). The molecule has 0 spiro atoms. The minimum atomic E-state index is -3.88. The number of nitrogens with zero attached hydrogens (tertiary/aromatic N) is 4. The van der Waals surface area contributed by atoms with Gasteiger partial charge in [-0.15, -0.1) is 0 Å². The Morgan fingerprint density at radius 3 is 2.74 bits per heavy atom. The van der Waals surface area contributed by atoms with Gasteiger partial charge in [0.15, 0.2) is 16.6 Å². The highest BCUT2D eigenvalue weighted by atomic mass is 32.2. The van der Waals surface area contributed by atoms with Crippen molar-refractivity contribution in [2.75, 3.05) is 17.3 Å². The van der Waals surface area contributed by atoms with Crippen LogP contribution in [0, 0.1) is 6.92 Å². The molecule has 0 atom stereocenters. The summed E-state index contributed by atoms with van der Waals surface area (Å²) >= 11 is 1.34. The summed E-state index contributed by atoms with van der Waals surface area (Å²) in [5.41, 5.74) is 7.82. The van der Waals surface area contributed by atoms with Gasteiger partial charge in [0.05, 0.1) is 4.90 Å². The van der Waals surface area contributed by atoms with Crippen molar-refractivity contribution >= 4 is 50.4 Å². The predicted molar refractivity (Wildman–Crippen MR) is 103 cm³/mol. The highest BCUT2D eigenvalue weighted by Crippen LogP contribution is 2.25. The fourth-order valence-electron chi connectivity index (χ4n) is 2.52. The molecule has 1 aromatic carbocycles. The Hall–Kier alpha value is -2.70. The van der Waals surface area contributed by atoms with E-state index >= 15 is 0 Å². The molecule has 0 radical (unpaired) electrons. The van der Waals surface area contributed by atoms with E-state index in [-0.39, 0.29) is 23.2 Å². The van der Waals surface area contributed by atoms with Crippen LogP contribution in [0.4, 0.5) is 11.5 Å². The van der Waals surface area contributed by atoms with Crippen molar-refractivity contribution in [1.82, 2.24) is 19.5 Å². The molecule has 0 bridgehead atoms. The van der Waals surface area contributed by atoms with Crippen molar-refractivity contribution in [1.29, 1.82) is 0 Å². The Labute approximate surface area is 159 Å². The average molecular weight is 407 g/mol. The van der Waals surface area contributed by atoms with E-state index in [0.717, 1.165) is 0 Å². The molecule has 0 aliphatic heterocycles. The lowest BCUT2D eigenvalue weighted by atomic mass is 10.2. The van der Waals surface area contributed by atoms with Gasteiger partial charge in [0.2, 0.25) is 15.9 Å². The van der Waals surface area contributed by atoms with Gasteiger partial charge in [-0.2, -0.15) is 0 Å². The highest BCUT2D eigenvalue weighted by molar-refractivity contribution is 7.98. The maximum Gasteiger partial charge on any atom is 0.244 e. The maximum absolute atomic E-state index is 12.6. The number of amides is 1. The van der Waals surface area contributed by atoms with E-state index in [0.29, 0.717) is 27.6 Å². The van der Waals surface area contributed by atoms with Gasteiger partial charge in [-0.1, -0.05) is 17.8 Å². The summed E-state index contributed by atoms with van der Waals surface area (Å²) in [6.45, 7) is 1.65. The van der Waals surface area contributed by atoms with Crippen LogP contribution in [0.3, 0.4) is 0 Å². The molecule has 2 aromatic heterocycles. The molecule has 5 N–H and O–H groups in total. The summed E-state index contributed by atoms with van der Waals surface area (Å²) in [6.07, 6.45) is 3.13. The van der Waals surface area contributed by atoms with Crippen molar-refractivity contribution in [2.24, 2.45) is 5.14 Å². The first-order chi connectivity index (χ1) is 12.7. The number of sulfonamides is 1. The smallest absolute Gasteiger partial charge is 0.244 e. The fraction of sp³-hybridized carbons (Fsp3) is 0.200. The number of nitrogens with one attached hydrogen (secondary N) is 1. The van der Waals surface area contributed by atoms with Gasteiger partial charge >= 0.3 is 0 Å². The van der Waals surface area contributed by atoms with Crippen LogP contribution in [0.2, 0.25) is 0 Å². The number of nitrogen functional groups attached to an aromatic ring is 1. The highest BCUT2D eigenvalue weighted by Gasteiger charge is 2.18. The Kier molecular flexibility index (Phi) is 5.04. The van der Waals surface area contributed by atoms with Crippen molar-refractivity contribution < 1.29 is 13.2 Å². The van der Waals surface area contributed by atoms with Gasteiger partial charge < -0.3 is 15.6 Å². The first-order valence-corrected chi connectivity index (χ1v) is 10.4. The minimum absolute atomic E-state index is 0.0843. The van der Waals surface area contributed by atoms with Crippen molar-refractivity contribution in [3.63, 3.8) is 0 Å². The third-order valence-corrected chi connectivity index (χ3v) is 5.42. The number of nitrogens with two attached hydrogens (primary N) is 2. The number of aryl methyl sites for hydroxylation is 1. The van der Waals surface area contributed by atoms with Crippen LogP contribution in [-0.4, -0.2) is 40.1 Å². The zero-order valence-corrected chi connectivity index (χ0v) is 16.1. The van der Waals surface area contributed by atoms with Gasteiger partial charge in [0, 0.05) is 5.69 Å². The van der Waals surface area contributed by atoms with E-state index < -0.39 is 10.0 Å². The predicted octanol–water partition coefficient (Wildman–Crippen LogP) is 0.725. The number of carbonyl (C=O) groups is 1. The number of fused-ring (bicyclic) bond motifs is 1. The van der Waals surface area contributed by atoms with E-state index in [1.54, 1.807) is 17.6 Å². The SMILES string of the molecule is CSc1nc2ncnc(N)c2n1CC(=O)Nc1cc(S(N)(=O)=O)ccc1C. The normalized spacial score (nSPS) is 11.7. The van der Waals surface area contributed by atoms with Crippen LogP contribution in [0.5, 0.6) is 0 Å². The summed E-state index contributed by atoms with van der Waals surface area (Å²) in [5, 5.41) is 8.41. The number of hydrogen-bond acceptors (Lipinski definition) is 8. The molecule has 1 amide bonds. The molecule has 0 unspecified atom stereocenters. The van der Waals surface area contributed by atoms with Crippen molar-refractivity contribution in [2.45, 2.75) is 23.5 Å². The van der Waals surface area contributed by atoms with Gasteiger partial charge in [-0.25, -0.2) is 28.5 Å². The molecule has 10 nitrogen and oxygen atoms in total. The summed E-state index contributed by atoms with van der Waals surface area (Å²) in [7, 11) is -3.88. The molecule has 12 heteroatoms. The number of imidazole rings is 1. The van der Waals surface area contributed by atoms with Crippen LogP contribution in [0.25, 0.3) is 11.2 Å². The summed E-state index contributed by atoms with van der Waals surface area (Å²) in [5.74, 6) is -0.171. The number of thioether (sulfide) groups is 1. The molecular formula is C15H17N7O3S2. The van der Waals surface area contributed by atoms with Crippen LogP contribution in [0.1, 0.15) is 5.56 Å². The summed E-state index contributed by atoms with van der Waals surface area (Å²) < 4.78 is 24.7. The molecule has 0 saturated heterocycles. The van der Waals surface area contributed by atoms with Gasteiger partial charge in [0.1, 0.15) is 18.4 Å². The number of primary sulfonamides is 1. The van der Waals surface area contributed by atoms with E-state index in [2.05, 4.69) is 20.3 Å². The van der Waals surface area contributed by atoms with Crippen LogP contribution < -0.4 is 16.2 Å². The fourth-order valence-corrected chi connectivity index (χ4v) is 3.61. The van der Waals surface area contributed by atoms with Gasteiger partial charge in [-0.3, -0.25) is 4.79 Å². The van der Waals surface area contributed by atoms with E-state index in [4.69, 9.17) is 10.9 Å². The number of rotatable bonds is 5. The van der Waals surface area contributed by atoms with E-state index in [1.807, 2.05) is 6.26 Å². The zero-order valence-electron chi connectivity index (χ0n) is 14.5. The van der Waals surface area contributed by atoms with Crippen LogP contribution in [0.15, 0.2) is 34.6 Å². The van der Waals surface area contributed by atoms with Gasteiger partial charge in [-0.05, 0) is 30.9 Å². The lowest BCUT2D eigenvalue weighted by Gasteiger charge is -2.12. The van der Waals surface area contributed by atoms with E-state index in [9.17, 15) is 13.2 Å². The number of aromatic nitrogens is 4. The topological polar surface area (TPSA) is 159 Å². The van der Waals surface area contributed by atoms with Crippen molar-refractivity contribution in [3.05, 3.63) is 30.1 Å². The Bertz CT molecular complexity index is 1140. The lowest BCUT2D eigenvalue weighted by Crippen LogP contribution is -2.21. The average Bonchev–Trinajstić information content (AvgIpc) is 2.94. The molecule has 3 aromatic rings. The number of anilines is 2. The molecule has 0 saturated carbocycles. The lowest BCUT2D eigenvalue weighted by molar-refractivity contribution is -0.116. The Morgan fingerprint density at radius 2 is 2.07 bits per heavy atom. The summed E-state index contributed by atoms with van der Waals surface area (Å²) in [6, 6.07) is 4.27. The second-order valence-corrected chi connectivity index (χ2v) is 8.02. The molecule has 27 heavy (non-hydrogen) atoms. The van der Waals surface area contributed by atoms with Gasteiger partial charge in [0.25, 0.3) is 0 Å². The van der Waals surface area contributed by atoms with Crippen LogP contribution in [-0.2, 0) is 21.4 Å². The third-order valence-electron chi connectivity index (χ3n) is 3.83. The molecule has 142 valence electrons. The van der Waals surface area contributed by atoms with Crippen LogP contribution >= 0.6 is 11.8 Å². The molecule has 0 aliphatic rings. The molecule has 3 rings (SSSR count). The van der Waals surface area contributed by atoms with Crippen molar-refractivity contribution in [3.8, 4) is 0 Å². The third kappa shape index (κ3) is 3.86.